The molecule has 1 aromatic rings. The lowest BCUT2D eigenvalue weighted by Gasteiger charge is -1.81. The quantitative estimate of drug-likeness (QED) is 0.418. The molecule has 1 rings (SSSR count). The van der Waals surface area contributed by atoms with Crippen molar-refractivity contribution in [3.8, 4) is 0 Å². The van der Waals surface area contributed by atoms with Gasteiger partial charge in [0, 0.05) is 12.5 Å². The average Bonchev–Trinajstić information content (AvgIpc) is 1.98. The number of hydrogen-bond acceptors (Lipinski definition) is 2. The van der Waals surface area contributed by atoms with E-state index in [0.29, 0.717) is 5.76 Å². The van der Waals surface area contributed by atoms with Crippen LogP contribution in [0.25, 0.3) is 0 Å². The Morgan fingerprint density at radius 2 is 2.22 bits per heavy atom. The summed E-state index contributed by atoms with van der Waals surface area (Å²) >= 11 is 0. The van der Waals surface area contributed by atoms with Gasteiger partial charge in [-0.2, -0.15) is 4.74 Å². The summed E-state index contributed by atoms with van der Waals surface area (Å²) in [4.78, 5) is 10.7. The van der Waals surface area contributed by atoms with Gasteiger partial charge in [-0.25, -0.2) is 0 Å². The summed E-state index contributed by atoms with van der Waals surface area (Å²) < 4.78 is 5.93. The molecule has 0 bridgehead atoms. The molecule has 0 spiro atoms. The minimum Gasteiger partial charge on any atom is -0.382 e. The molecule has 0 saturated carbocycles. The van der Waals surface area contributed by atoms with Crippen LogP contribution in [-0.2, 0) is 7.05 Å². The number of nitrogens with zero attached hydrogens (tertiary/aromatic N) is 1. The maximum absolute atomic E-state index is 10.7. The summed E-state index contributed by atoms with van der Waals surface area (Å²) in [6.07, 6.45) is 0. The zero-order valence-corrected chi connectivity index (χ0v) is 5.34. The van der Waals surface area contributed by atoms with Gasteiger partial charge in [0.2, 0.25) is 0 Å². The molecule has 0 aliphatic carbocycles. The van der Waals surface area contributed by atoms with Crippen molar-refractivity contribution in [1.29, 1.82) is 0 Å². The first-order valence-electron chi connectivity index (χ1n) is 2.55. The molecule has 0 aliphatic heterocycles. The largest absolute Gasteiger partial charge is 0.382 e. The lowest BCUT2D eigenvalue weighted by Crippen LogP contribution is -2.27. The molecule has 0 amide bonds. The fourth-order valence-corrected chi connectivity index (χ4v) is 0.616. The molecule has 3 nitrogen and oxygen atoms in total. The van der Waals surface area contributed by atoms with Gasteiger partial charge in [-0.3, -0.25) is 4.79 Å². The van der Waals surface area contributed by atoms with Crippen LogP contribution in [-0.4, -0.2) is 12.6 Å². The molecular weight excluding hydrogens is 117 g/mol. The fourth-order valence-electron chi connectivity index (χ4n) is 0.616. The summed E-state index contributed by atoms with van der Waals surface area (Å²) in [5, 5.41) is 0. The van der Waals surface area contributed by atoms with E-state index in [4.69, 9.17) is 12.4 Å². The molecule has 1 heterocycles. The van der Waals surface area contributed by atoms with Gasteiger partial charge in [0.05, 0.1) is 0 Å². The summed E-state index contributed by atoms with van der Waals surface area (Å²) in [5.74, 6) is 0.475. The van der Waals surface area contributed by atoms with Crippen LogP contribution in [0.5, 0.6) is 0 Å². The SMILES string of the molecule is [B]c1c(C)on(C)c1=O. The minimum absolute atomic E-state index is 0.192. The van der Waals surface area contributed by atoms with Crippen molar-refractivity contribution in [1.82, 2.24) is 4.74 Å². The zero-order chi connectivity index (χ0) is 7.02. The lowest BCUT2D eigenvalue weighted by atomic mass is 9.98. The molecule has 0 aliphatic rings. The van der Waals surface area contributed by atoms with Gasteiger partial charge in [-0.15, -0.1) is 0 Å². The molecule has 1 aromatic heterocycles. The minimum atomic E-state index is -0.271. The van der Waals surface area contributed by atoms with E-state index >= 15 is 0 Å². The van der Waals surface area contributed by atoms with Crippen LogP contribution >= 0.6 is 0 Å². The van der Waals surface area contributed by atoms with E-state index in [1.165, 1.54) is 7.05 Å². The summed E-state index contributed by atoms with van der Waals surface area (Å²) in [7, 11) is 6.80. The maximum Gasteiger partial charge on any atom is 0.275 e. The highest BCUT2D eigenvalue weighted by atomic mass is 16.5. The first-order chi connectivity index (χ1) is 4.13. The molecule has 4 heteroatoms. The first kappa shape index (κ1) is 6.20. The van der Waals surface area contributed by atoms with E-state index in [9.17, 15) is 4.79 Å². The second-order valence-electron chi connectivity index (χ2n) is 1.86. The standard InChI is InChI=1S/C5H6BNO2/c1-3-4(6)5(8)7(2)9-3/h1-2H3. The van der Waals surface area contributed by atoms with Crippen LogP contribution in [0.2, 0.25) is 0 Å². The Labute approximate surface area is 53.6 Å². The molecule has 0 N–H and O–H groups in total. The lowest BCUT2D eigenvalue weighted by molar-refractivity contribution is 0.283. The number of hydrogen-bond donors (Lipinski definition) is 0. The fraction of sp³-hybridized carbons (Fsp3) is 0.400. The maximum atomic E-state index is 10.7. The highest BCUT2D eigenvalue weighted by molar-refractivity contribution is 6.32. The predicted molar refractivity (Wildman–Crippen MR) is 34.1 cm³/mol. The molecule has 2 radical (unpaired) electrons. The van der Waals surface area contributed by atoms with Crippen LogP contribution in [0.4, 0.5) is 0 Å². The Morgan fingerprint density at radius 1 is 1.67 bits per heavy atom. The monoisotopic (exact) mass is 123 g/mol. The smallest absolute Gasteiger partial charge is 0.275 e. The highest BCUT2D eigenvalue weighted by Crippen LogP contribution is 1.83. The molecule has 0 unspecified atom stereocenters. The van der Waals surface area contributed by atoms with E-state index in [0.717, 1.165) is 4.74 Å². The Morgan fingerprint density at radius 3 is 2.33 bits per heavy atom. The summed E-state index contributed by atoms with van der Waals surface area (Å²) in [6.45, 7) is 1.65. The van der Waals surface area contributed by atoms with Gasteiger partial charge in [-0.1, -0.05) is 0 Å². The van der Waals surface area contributed by atoms with Crippen molar-refractivity contribution in [3.63, 3.8) is 0 Å². The third kappa shape index (κ3) is 0.802. The van der Waals surface area contributed by atoms with Crippen molar-refractivity contribution < 1.29 is 4.52 Å². The van der Waals surface area contributed by atoms with E-state index < -0.39 is 0 Å². The van der Waals surface area contributed by atoms with Crippen LogP contribution in [0, 0.1) is 6.92 Å². The van der Waals surface area contributed by atoms with Gasteiger partial charge in [0.1, 0.15) is 13.6 Å². The zero-order valence-electron chi connectivity index (χ0n) is 5.34. The van der Waals surface area contributed by atoms with Crippen LogP contribution < -0.4 is 11.0 Å². The van der Waals surface area contributed by atoms with Crippen LogP contribution in [0.15, 0.2) is 9.32 Å². The number of rotatable bonds is 0. The van der Waals surface area contributed by atoms with Crippen molar-refractivity contribution in [2.24, 2.45) is 7.05 Å². The third-order valence-electron chi connectivity index (χ3n) is 1.17. The van der Waals surface area contributed by atoms with Gasteiger partial charge in [0.15, 0.2) is 0 Å². The summed E-state index contributed by atoms with van der Waals surface area (Å²) in [5.41, 5.74) is -0.0787. The van der Waals surface area contributed by atoms with E-state index in [1.807, 2.05) is 0 Å². The van der Waals surface area contributed by atoms with E-state index in [2.05, 4.69) is 0 Å². The van der Waals surface area contributed by atoms with Crippen molar-refractivity contribution in [2.75, 3.05) is 0 Å². The summed E-state index contributed by atoms with van der Waals surface area (Å²) in [6, 6.07) is 0. The van der Waals surface area contributed by atoms with Crippen LogP contribution in [0.3, 0.4) is 0 Å². The average molecular weight is 123 g/mol. The Bertz CT molecular complexity index is 273. The second-order valence-corrected chi connectivity index (χ2v) is 1.86. The van der Waals surface area contributed by atoms with Crippen LogP contribution in [0.1, 0.15) is 5.76 Å². The normalized spacial score (nSPS) is 10.0. The molecule has 0 fully saturated rings. The van der Waals surface area contributed by atoms with Gasteiger partial charge in [-0.05, 0) is 6.92 Å². The van der Waals surface area contributed by atoms with Gasteiger partial charge < -0.3 is 4.52 Å². The van der Waals surface area contributed by atoms with E-state index in [-0.39, 0.29) is 11.0 Å². The molecule has 0 atom stereocenters. The Balaban J connectivity index is 3.48. The molecular formula is C5H6BNO2. The molecule has 9 heavy (non-hydrogen) atoms. The molecule has 0 saturated heterocycles. The molecule has 0 aromatic carbocycles. The predicted octanol–water partition coefficient (Wildman–Crippen LogP) is -0.919. The van der Waals surface area contributed by atoms with Gasteiger partial charge >= 0.3 is 0 Å². The van der Waals surface area contributed by atoms with Gasteiger partial charge in [0.25, 0.3) is 5.56 Å². The van der Waals surface area contributed by atoms with Crippen molar-refractivity contribution >= 4 is 13.3 Å². The van der Waals surface area contributed by atoms with E-state index in [1.54, 1.807) is 6.92 Å². The highest BCUT2D eigenvalue weighted by Gasteiger charge is 2.02. The topological polar surface area (TPSA) is 35.1 Å². The number of aryl methyl sites for hydroxylation is 2. The first-order valence-corrected chi connectivity index (χ1v) is 2.55. The van der Waals surface area contributed by atoms with Crippen molar-refractivity contribution in [2.45, 2.75) is 6.92 Å². The number of aromatic nitrogens is 1. The Kier molecular flexibility index (Phi) is 1.23. The third-order valence-corrected chi connectivity index (χ3v) is 1.17. The van der Waals surface area contributed by atoms with Crippen molar-refractivity contribution in [3.05, 3.63) is 16.1 Å². The Hall–Kier alpha value is -0.925. The molecule has 46 valence electrons. The second kappa shape index (κ2) is 1.79.